The second kappa shape index (κ2) is 8.10. The molecule has 0 bridgehead atoms. The molecule has 0 spiro atoms. The van der Waals surface area contributed by atoms with Crippen LogP contribution in [0.15, 0.2) is 24.4 Å². The van der Waals surface area contributed by atoms with Crippen LogP contribution in [0.1, 0.15) is 33.2 Å². The van der Waals surface area contributed by atoms with Crippen LogP contribution in [0, 0.1) is 17.0 Å². The van der Waals surface area contributed by atoms with Crippen molar-refractivity contribution in [3.05, 3.63) is 36.0 Å². The number of likely N-dealkylation sites (N-methyl/N-ethyl adjacent to an activating group) is 1. The molecule has 10 heteroatoms. The second-order valence-corrected chi connectivity index (χ2v) is 8.46. The number of carbonyl (C=O) groups excluding carboxylic acids is 2. The summed E-state index contributed by atoms with van der Waals surface area (Å²) in [6.45, 7) is 5.43. The Hall–Kier alpha value is -2.88. The lowest BCUT2D eigenvalue weighted by Gasteiger charge is -2.34. The Labute approximate surface area is 172 Å². The monoisotopic (exact) mass is 421 g/mol. The highest BCUT2D eigenvalue weighted by molar-refractivity contribution is 5.90. The van der Waals surface area contributed by atoms with Crippen LogP contribution < -0.4 is 5.32 Å². The summed E-state index contributed by atoms with van der Waals surface area (Å²) < 4.78 is 29.5. The van der Waals surface area contributed by atoms with Crippen molar-refractivity contribution in [2.75, 3.05) is 13.6 Å². The third-order valence-electron chi connectivity index (χ3n) is 5.16. The Morgan fingerprint density at radius 2 is 1.90 bits per heavy atom. The first-order valence-corrected chi connectivity index (χ1v) is 9.61. The van der Waals surface area contributed by atoms with E-state index >= 15 is 0 Å². The highest BCUT2D eigenvalue weighted by Gasteiger charge is 2.45. The minimum absolute atomic E-state index is 0.00694. The fraction of sp³-hybridized carbons (Fsp3) is 0.500. The zero-order chi connectivity index (χ0) is 22.2. The van der Waals surface area contributed by atoms with Crippen LogP contribution in [-0.2, 0) is 9.59 Å². The third-order valence-corrected chi connectivity index (χ3v) is 5.16. The fourth-order valence-corrected chi connectivity index (χ4v) is 3.77. The molecule has 1 aromatic carbocycles. The van der Waals surface area contributed by atoms with Gasteiger partial charge >= 0.3 is 0 Å². The summed E-state index contributed by atoms with van der Waals surface area (Å²) >= 11 is 0. The van der Waals surface area contributed by atoms with Gasteiger partial charge in [-0.2, -0.15) is 0 Å². The normalized spacial score (nSPS) is 20.3. The number of carbonyl (C=O) groups is 2. The number of hydrogen-bond acceptors (Lipinski definition) is 5. The maximum atomic E-state index is 14.1. The number of rotatable bonds is 4. The zero-order valence-electron chi connectivity index (χ0n) is 17.3. The molecular weight excluding hydrogens is 396 g/mol. The van der Waals surface area contributed by atoms with E-state index in [2.05, 4.69) is 15.6 Å². The minimum atomic E-state index is -0.911. The van der Waals surface area contributed by atoms with Crippen LogP contribution in [0.3, 0.4) is 0 Å². The lowest BCUT2D eigenvalue weighted by molar-refractivity contribution is -0.144. The van der Waals surface area contributed by atoms with Gasteiger partial charge in [0.05, 0.1) is 17.9 Å². The Morgan fingerprint density at radius 3 is 2.47 bits per heavy atom. The smallest absolute Gasteiger partial charge is 0.248 e. The van der Waals surface area contributed by atoms with Gasteiger partial charge in [0.15, 0.2) is 0 Å². The predicted molar refractivity (Wildman–Crippen MR) is 104 cm³/mol. The molecule has 1 aromatic heterocycles. The molecule has 1 fully saturated rings. The number of halogens is 2. The molecule has 0 aliphatic carbocycles. The van der Waals surface area contributed by atoms with E-state index in [1.54, 1.807) is 0 Å². The molecule has 1 aliphatic rings. The number of hydrogen-bond donors (Lipinski definition) is 2. The topological polar surface area (TPSA) is 100 Å². The fourth-order valence-electron chi connectivity index (χ4n) is 3.77. The van der Waals surface area contributed by atoms with E-state index in [1.165, 1.54) is 28.9 Å². The van der Waals surface area contributed by atoms with Gasteiger partial charge in [0, 0.05) is 20.0 Å². The lowest BCUT2D eigenvalue weighted by Crippen LogP contribution is -2.49. The van der Waals surface area contributed by atoms with Gasteiger partial charge in [0.1, 0.15) is 29.4 Å². The van der Waals surface area contributed by atoms with Crippen LogP contribution in [-0.4, -0.2) is 62.6 Å². The molecule has 0 radical (unpaired) electrons. The van der Waals surface area contributed by atoms with Crippen LogP contribution in [0.25, 0.3) is 11.3 Å². The van der Waals surface area contributed by atoms with Gasteiger partial charge < -0.3 is 15.3 Å². The Morgan fingerprint density at radius 1 is 1.27 bits per heavy atom. The molecule has 3 rings (SSSR count). The Kier molecular flexibility index (Phi) is 5.89. The van der Waals surface area contributed by atoms with Crippen molar-refractivity contribution < 1.29 is 23.5 Å². The van der Waals surface area contributed by atoms with E-state index in [9.17, 15) is 23.5 Å². The number of benzene rings is 1. The van der Waals surface area contributed by atoms with E-state index < -0.39 is 41.1 Å². The molecule has 2 N–H and O–H groups in total. The number of β-amino-alcohol motifs (C(OH)–C–C–N with tert-alkyl or cyclic N) is 1. The average molecular weight is 421 g/mol. The van der Waals surface area contributed by atoms with Crippen LogP contribution in [0.4, 0.5) is 8.78 Å². The van der Waals surface area contributed by atoms with Crippen molar-refractivity contribution in [3.8, 4) is 11.3 Å². The number of aliphatic hydroxyl groups is 1. The summed E-state index contributed by atoms with van der Waals surface area (Å²) in [5.41, 5.74) is -1.04. The van der Waals surface area contributed by atoms with E-state index in [-0.39, 0.29) is 30.1 Å². The van der Waals surface area contributed by atoms with Crippen LogP contribution in [0.5, 0.6) is 0 Å². The number of amides is 2. The molecule has 2 aromatic rings. The summed E-state index contributed by atoms with van der Waals surface area (Å²) in [7, 11) is 1.46. The summed E-state index contributed by atoms with van der Waals surface area (Å²) in [6.07, 6.45) is 0.623. The molecule has 8 nitrogen and oxygen atoms in total. The summed E-state index contributed by atoms with van der Waals surface area (Å²) in [6, 6.07) is 1.75. The molecule has 0 saturated carbocycles. The number of likely N-dealkylation sites (tertiary alicyclic amines) is 1. The average Bonchev–Trinajstić information content (AvgIpc) is 3.27. The second-order valence-electron chi connectivity index (χ2n) is 8.46. The molecule has 30 heavy (non-hydrogen) atoms. The number of aliphatic hydroxyl groups excluding tert-OH is 1. The molecule has 2 heterocycles. The van der Waals surface area contributed by atoms with E-state index in [0.717, 1.165) is 12.1 Å². The van der Waals surface area contributed by atoms with Crippen molar-refractivity contribution in [2.45, 2.75) is 45.4 Å². The number of nitrogens with zero attached hydrogens (tertiary/aromatic N) is 4. The molecule has 2 amide bonds. The first-order chi connectivity index (χ1) is 14.0. The van der Waals surface area contributed by atoms with Gasteiger partial charge in [-0.15, -0.1) is 5.10 Å². The first-order valence-electron chi connectivity index (χ1n) is 9.61. The van der Waals surface area contributed by atoms with E-state index in [4.69, 9.17) is 0 Å². The van der Waals surface area contributed by atoms with Crippen LogP contribution >= 0.6 is 0 Å². The van der Waals surface area contributed by atoms with Gasteiger partial charge in [-0.3, -0.25) is 9.59 Å². The van der Waals surface area contributed by atoms with Gasteiger partial charge in [-0.25, -0.2) is 13.5 Å². The lowest BCUT2D eigenvalue weighted by atomic mass is 9.85. The van der Waals surface area contributed by atoms with Gasteiger partial charge in [-0.05, 0) is 17.5 Å². The SMILES string of the molecule is CNC(=O)C1CC(O)CN1C(=O)[C@@H](n1cc(-c2c(F)cccc2F)nn1)C(C)(C)C. The number of aromatic nitrogens is 3. The van der Waals surface area contributed by atoms with Crippen molar-refractivity contribution >= 4 is 11.8 Å². The van der Waals surface area contributed by atoms with E-state index in [0.29, 0.717) is 0 Å². The molecule has 3 atom stereocenters. The quantitative estimate of drug-likeness (QED) is 0.780. The number of nitrogens with one attached hydrogen (secondary N) is 1. The molecular formula is C20H25F2N5O3. The van der Waals surface area contributed by atoms with Crippen molar-refractivity contribution in [2.24, 2.45) is 5.41 Å². The van der Waals surface area contributed by atoms with Gasteiger partial charge in [-0.1, -0.05) is 32.1 Å². The van der Waals surface area contributed by atoms with Crippen LogP contribution in [0.2, 0.25) is 0 Å². The molecule has 2 unspecified atom stereocenters. The molecule has 1 saturated heterocycles. The Balaban J connectivity index is 1.99. The van der Waals surface area contributed by atoms with Gasteiger partial charge in [0.25, 0.3) is 0 Å². The van der Waals surface area contributed by atoms with E-state index in [1.807, 2.05) is 20.8 Å². The molecule has 1 aliphatic heterocycles. The van der Waals surface area contributed by atoms with Gasteiger partial charge in [0.2, 0.25) is 11.8 Å². The highest BCUT2D eigenvalue weighted by Crippen LogP contribution is 2.35. The predicted octanol–water partition coefficient (Wildman–Crippen LogP) is 1.52. The zero-order valence-corrected chi connectivity index (χ0v) is 17.3. The molecule has 162 valence electrons. The minimum Gasteiger partial charge on any atom is -0.391 e. The standard InChI is InChI=1S/C20H25F2N5O3/c1-20(2,3)17(19(30)26-9-11(28)8-15(26)18(29)23-4)27-10-14(24-25-27)16-12(21)6-5-7-13(16)22/h5-7,10-11,15,17,28H,8-9H2,1-4H3,(H,23,29)/t11?,15?,17-/m1/s1. The largest absolute Gasteiger partial charge is 0.391 e. The summed E-state index contributed by atoms with van der Waals surface area (Å²) in [5, 5.41) is 20.4. The van der Waals surface area contributed by atoms with Crippen molar-refractivity contribution in [1.82, 2.24) is 25.2 Å². The third kappa shape index (κ3) is 4.04. The Bertz CT molecular complexity index is 936. The maximum absolute atomic E-state index is 14.1. The maximum Gasteiger partial charge on any atom is 0.248 e. The summed E-state index contributed by atoms with van der Waals surface area (Å²) in [4.78, 5) is 27.0. The highest BCUT2D eigenvalue weighted by atomic mass is 19.1. The first kappa shape index (κ1) is 21.8. The van der Waals surface area contributed by atoms with Crippen molar-refractivity contribution in [1.29, 1.82) is 0 Å². The van der Waals surface area contributed by atoms with Crippen molar-refractivity contribution in [3.63, 3.8) is 0 Å². The summed E-state index contributed by atoms with van der Waals surface area (Å²) in [5.74, 6) is -2.38.